The van der Waals surface area contributed by atoms with E-state index < -0.39 is 35.6 Å². The molecule has 0 aliphatic carbocycles. The fraction of sp³-hybridized carbons (Fsp3) is 0.174. The van der Waals surface area contributed by atoms with Crippen LogP contribution in [0.15, 0.2) is 54.6 Å². The zero-order valence-electron chi connectivity index (χ0n) is 17.4. The number of nitrogens with one attached hydrogen (secondary N) is 1. The van der Waals surface area contributed by atoms with E-state index in [1.54, 1.807) is 0 Å². The summed E-state index contributed by atoms with van der Waals surface area (Å²) in [6, 6.07) is 10.1. The highest BCUT2D eigenvalue weighted by Crippen LogP contribution is 2.42. The van der Waals surface area contributed by atoms with Crippen molar-refractivity contribution in [1.82, 2.24) is 5.32 Å². The van der Waals surface area contributed by atoms with E-state index in [-0.39, 0.29) is 38.2 Å². The zero-order valence-corrected chi connectivity index (χ0v) is 18.9. The second-order valence-electron chi connectivity index (χ2n) is 7.25. The van der Waals surface area contributed by atoms with E-state index in [0.29, 0.717) is 0 Å². The van der Waals surface area contributed by atoms with Crippen LogP contribution in [-0.2, 0) is 5.60 Å². The topological polar surface area (TPSA) is 78.8 Å². The number of halogens is 6. The van der Waals surface area contributed by atoms with Crippen molar-refractivity contribution in [2.75, 3.05) is 13.7 Å². The molecule has 1 amide bonds. The highest BCUT2D eigenvalue weighted by atomic mass is 35.5. The molecular formula is C23H17Cl2F4NO4. The van der Waals surface area contributed by atoms with Gasteiger partial charge in [-0.3, -0.25) is 4.79 Å². The van der Waals surface area contributed by atoms with Gasteiger partial charge in [0.25, 0.3) is 5.91 Å². The van der Waals surface area contributed by atoms with Crippen molar-refractivity contribution in [3.8, 4) is 22.6 Å². The SMILES string of the molecule is COc1ccc(C(O)(CNC(=O)c2ccc(O)c(Cl)c2)C(F)(F)F)cc1-c1ccc(F)c(Cl)c1. The highest BCUT2D eigenvalue weighted by Gasteiger charge is 2.55. The van der Waals surface area contributed by atoms with Crippen molar-refractivity contribution < 1.29 is 37.3 Å². The quantitative estimate of drug-likeness (QED) is 0.367. The molecule has 0 saturated carbocycles. The summed E-state index contributed by atoms with van der Waals surface area (Å²) >= 11 is 11.5. The number of aliphatic hydroxyl groups is 1. The van der Waals surface area contributed by atoms with Crippen LogP contribution in [0.5, 0.6) is 11.5 Å². The standard InChI is InChI=1S/C23H17Cl2F4NO4/c1-34-20-7-4-14(10-15(20)12-2-5-18(26)16(24)8-12)22(33,23(27,28)29)11-30-21(32)13-3-6-19(31)17(25)9-13/h2-10,31,33H,11H2,1H3,(H,30,32). The molecule has 3 aromatic carbocycles. The Morgan fingerprint density at radius 1 is 1.03 bits per heavy atom. The third kappa shape index (κ3) is 5.06. The summed E-state index contributed by atoms with van der Waals surface area (Å²) in [6.45, 7) is -1.23. The first-order chi connectivity index (χ1) is 15.9. The van der Waals surface area contributed by atoms with Crippen LogP contribution in [-0.4, -0.2) is 36.0 Å². The van der Waals surface area contributed by atoms with Gasteiger partial charge in [-0.25, -0.2) is 4.39 Å². The van der Waals surface area contributed by atoms with E-state index in [0.717, 1.165) is 36.4 Å². The van der Waals surface area contributed by atoms with Crippen LogP contribution in [0.4, 0.5) is 17.6 Å². The van der Waals surface area contributed by atoms with Gasteiger partial charge in [0.1, 0.15) is 17.3 Å². The van der Waals surface area contributed by atoms with Crippen LogP contribution in [0.1, 0.15) is 15.9 Å². The summed E-state index contributed by atoms with van der Waals surface area (Å²) in [5, 5.41) is 21.8. The highest BCUT2D eigenvalue weighted by molar-refractivity contribution is 6.32. The minimum absolute atomic E-state index is 0.112. The summed E-state index contributed by atoms with van der Waals surface area (Å²) in [5.74, 6) is -1.83. The molecular weight excluding hydrogens is 501 g/mol. The fourth-order valence-electron chi connectivity index (χ4n) is 3.18. The molecule has 3 rings (SSSR count). The number of hydrogen-bond donors (Lipinski definition) is 3. The summed E-state index contributed by atoms with van der Waals surface area (Å²) in [5.41, 5.74) is -3.85. The van der Waals surface area contributed by atoms with Crippen LogP contribution in [0, 0.1) is 5.82 Å². The Balaban J connectivity index is 2.00. The molecule has 0 bridgehead atoms. The largest absolute Gasteiger partial charge is 0.506 e. The van der Waals surface area contributed by atoms with Gasteiger partial charge in [0.2, 0.25) is 5.60 Å². The van der Waals surface area contributed by atoms with Gasteiger partial charge >= 0.3 is 6.18 Å². The molecule has 0 fully saturated rings. The number of phenolic OH excluding ortho intramolecular Hbond substituents is 1. The third-order valence-corrected chi connectivity index (χ3v) is 5.68. The molecule has 0 aromatic heterocycles. The summed E-state index contributed by atoms with van der Waals surface area (Å²) in [6.07, 6.45) is -5.20. The molecule has 180 valence electrons. The van der Waals surface area contributed by atoms with E-state index in [1.807, 2.05) is 5.32 Å². The number of benzene rings is 3. The van der Waals surface area contributed by atoms with Gasteiger partial charge in [-0.1, -0.05) is 35.3 Å². The summed E-state index contributed by atoms with van der Waals surface area (Å²) < 4.78 is 60.9. The minimum Gasteiger partial charge on any atom is -0.506 e. The molecule has 0 aliphatic heterocycles. The Morgan fingerprint density at radius 2 is 1.74 bits per heavy atom. The van der Waals surface area contributed by atoms with Crippen LogP contribution in [0.2, 0.25) is 10.0 Å². The van der Waals surface area contributed by atoms with Crippen LogP contribution >= 0.6 is 23.2 Å². The third-order valence-electron chi connectivity index (χ3n) is 5.09. The molecule has 5 nitrogen and oxygen atoms in total. The molecule has 0 saturated heterocycles. The lowest BCUT2D eigenvalue weighted by molar-refractivity contribution is -0.263. The lowest BCUT2D eigenvalue weighted by Crippen LogP contribution is -2.51. The predicted octanol–water partition coefficient (Wildman–Crippen LogP) is 5.69. The minimum atomic E-state index is -5.20. The number of carbonyl (C=O) groups excluding carboxylic acids is 1. The van der Waals surface area contributed by atoms with Crippen LogP contribution in [0.3, 0.4) is 0 Å². The Morgan fingerprint density at radius 3 is 2.32 bits per heavy atom. The average molecular weight is 518 g/mol. The fourth-order valence-corrected chi connectivity index (χ4v) is 3.54. The maximum absolute atomic E-state index is 14.0. The lowest BCUT2D eigenvalue weighted by atomic mass is 9.89. The summed E-state index contributed by atoms with van der Waals surface area (Å²) in [4.78, 5) is 12.4. The number of alkyl halides is 3. The Hall–Kier alpha value is -3.01. The van der Waals surface area contributed by atoms with Gasteiger partial charge in [0.15, 0.2) is 0 Å². The Labute approximate surface area is 201 Å². The smallest absolute Gasteiger partial charge is 0.423 e. The van der Waals surface area contributed by atoms with Crippen molar-refractivity contribution in [2.24, 2.45) is 0 Å². The van der Waals surface area contributed by atoms with Crippen molar-refractivity contribution in [3.63, 3.8) is 0 Å². The zero-order chi connectivity index (χ0) is 25.3. The molecule has 0 spiro atoms. The van der Waals surface area contributed by atoms with Gasteiger partial charge in [-0.15, -0.1) is 0 Å². The van der Waals surface area contributed by atoms with Crippen LogP contribution < -0.4 is 10.1 Å². The molecule has 0 aliphatic rings. The molecule has 3 aromatic rings. The first-order valence-corrected chi connectivity index (χ1v) is 10.3. The summed E-state index contributed by atoms with van der Waals surface area (Å²) in [7, 11) is 1.29. The number of carbonyl (C=O) groups is 1. The van der Waals surface area contributed by atoms with E-state index in [4.69, 9.17) is 27.9 Å². The van der Waals surface area contributed by atoms with E-state index >= 15 is 0 Å². The number of aromatic hydroxyl groups is 1. The second kappa shape index (κ2) is 9.69. The second-order valence-corrected chi connectivity index (χ2v) is 8.07. The van der Waals surface area contributed by atoms with Gasteiger partial charge < -0.3 is 20.3 Å². The molecule has 34 heavy (non-hydrogen) atoms. The van der Waals surface area contributed by atoms with Crippen LogP contribution in [0.25, 0.3) is 11.1 Å². The number of methoxy groups -OCH3 is 1. The Bertz CT molecular complexity index is 1240. The van der Waals surface area contributed by atoms with Crippen molar-refractivity contribution in [3.05, 3.63) is 81.6 Å². The van der Waals surface area contributed by atoms with E-state index in [1.165, 1.54) is 25.3 Å². The predicted molar refractivity (Wildman–Crippen MR) is 119 cm³/mol. The number of rotatable bonds is 6. The average Bonchev–Trinajstić information content (AvgIpc) is 2.79. The molecule has 1 unspecified atom stereocenters. The molecule has 3 N–H and O–H groups in total. The van der Waals surface area contributed by atoms with Gasteiger partial charge in [0, 0.05) is 11.1 Å². The molecule has 1 atom stereocenters. The van der Waals surface area contributed by atoms with Crippen molar-refractivity contribution >= 4 is 29.1 Å². The Kier molecular flexibility index (Phi) is 7.30. The molecule has 0 heterocycles. The number of ether oxygens (including phenoxy) is 1. The monoisotopic (exact) mass is 517 g/mol. The maximum atomic E-state index is 14.0. The molecule has 11 heteroatoms. The number of amides is 1. The van der Waals surface area contributed by atoms with Crippen molar-refractivity contribution in [2.45, 2.75) is 11.8 Å². The van der Waals surface area contributed by atoms with Gasteiger partial charge in [-0.05, 0) is 53.6 Å². The van der Waals surface area contributed by atoms with E-state index in [2.05, 4.69) is 0 Å². The van der Waals surface area contributed by atoms with E-state index in [9.17, 15) is 32.6 Å². The first-order valence-electron chi connectivity index (χ1n) is 9.57. The number of hydrogen-bond acceptors (Lipinski definition) is 4. The maximum Gasteiger partial charge on any atom is 0.423 e. The van der Waals surface area contributed by atoms with Gasteiger partial charge in [-0.2, -0.15) is 13.2 Å². The molecule has 0 radical (unpaired) electrons. The first kappa shape index (κ1) is 25.6. The normalized spacial score (nSPS) is 13.3. The number of phenols is 1. The lowest BCUT2D eigenvalue weighted by Gasteiger charge is -2.31. The van der Waals surface area contributed by atoms with Gasteiger partial charge in [0.05, 0.1) is 23.7 Å². The van der Waals surface area contributed by atoms with Crippen molar-refractivity contribution in [1.29, 1.82) is 0 Å².